The predicted molar refractivity (Wildman–Crippen MR) is 49.8 cm³/mol. The van der Waals surface area contributed by atoms with Crippen LogP contribution in [-0.2, 0) is 11.2 Å². The Hall–Kier alpha value is -1.31. The van der Waals surface area contributed by atoms with E-state index in [2.05, 4.69) is 0 Å². The van der Waals surface area contributed by atoms with Gasteiger partial charge >= 0.3 is 0 Å². The van der Waals surface area contributed by atoms with Crippen molar-refractivity contribution in [1.29, 1.82) is 0 Å². The number of hydrogen-bond acceptors (Lipinski definition) is 2. The number of Topliss-reactive ketones (excluding diaryl/α,β-unsaturated/α-hetero) is 1. The van der Waals surface area contributed by atoms with E-state index in [0.717, 1.165) is 17.5 Å². The van der Waals surface area contributed by atoms with E-state index in [9.17, 15) is 9.90 Å². The van der Waals surface area contributed by atoms with Crippen LogP contribution < -0.4 is 0 Å². The minimum atomic E-state index is -0.134. The molecule has 0 saturated heterocycles. The second-order valence-corrected chi connectivity index (χ2v) is 3.54. The SMILES string of the molecule is CC1C(=O)CCc2cccc(O)c21. The van der Waals surface area contributed by atoms with Gasteiger partial charge in [-0.3, -0.25) is 4.79 Å². The van der Waals surface area contributed by atoms with Gasteiger partial charge in [0, 0.05) is 17.9 Å². The van der Waals surface area contributed by atoms with Gasteiger partial charge in [-0.2, -0.15) is 0 Å². The Morgan fingerprint density at radius 2 is 2.15 bits per heavy atom. The van der Waals surface area contributed by atoms with Gasteiger partial charge in [-0.05, 0) is 18.1 Å². The van der Waals surface area contributed by atoms with Gasteiger partial charge < -0.3 is 5.11 Å². The first-order chi connectivity index (χ1) is 6.20. The van der Waals surface area contributed by atoms with E-state index < -0.39 is 0 Å². The molecule has 1 aromatic rings. The molecule has 1 aliphatic carbocycles. The lowest BCUT2D eigenvalue weighted by atomic mass is 9.82. The van der Waals surface area contributed by atoms with Crippen LogP contribution in [0.15, 0.2) is 18.2 Å². The van der Waals surface area contributed by atoms with E-state index in [1.54, 1.807) is 6.07 Å². The number of hydrogen-bond donors (Lipinski definition) is 1. The molecule has 0 aliphatic heterocycles. The fraction of sp³-hybridized carbons (Fsp3) is 0.364. The zero-order valence-electron chi connectivity index (χ0n) is 7.58. The number of carbonyl (C=O) groups is 1. The fourth-order valence-electron chi connectivity index (χ4n) is 1.95. The van der Waals surface area contributed by atoms with Crippen LogP contribution >= 0.6 is 0 Å². The first-order valence-corrected chi connectivity index (χ1v) is 4.53. The van der Waals surface area contributed by atoms with Crippen LogP contribution in [0.25, 0.3) is 0 Å². The van der Waals surface area contributed by atoms with Gasteiger partial charge in [0.15, 0.2) is 0 Å². The molecular weight excluding hydrogens is 164 g/mol. The lowest BCUT2D eigenvalue weighted by Gasteiger charge is -2.21. The summed E-state index contributed by atoms with van der Waals surface area (Å²) in [5, 5.41) is 9.59. The van der Waals surface area contributed by atoms with Crippen molar-refractivity contribution in [2.45, 2.75) is 25.7 Å². The van der Waals surface area contributed by atoms with Gasteiger partial charge in [-0.25, -0.2) is 0 Å². The quantitative estimate of drug-likeness (QED) is 0.656. The molecule has 2 heteroatoms. The first kappa shape index (κ1) is 8.30. The summed E-state index contributed by atoms with van der Waals surface area (Å²) in [6.07, 6.45) is 1.38. The molecule has 68 valence electrons. The Morgan fingerprint density at radius 1 is 1.38 bits per heavy atom. The van der Waals surface area contributed by atoms with Crippen molar-refractivity contribution in [3.05, 3.63) is 29.3 Å². The summed E-state index contributed by atoms with van der Waals surface area (Å²) in [7, 11) is 0. The second-order valence-electron chi connectivity index (χ2n) is 3.54. The van der Waals surface area contributed by atoms with Crippen LogP contribution in [-0.4, -0.2) is 10.9 Å². The van der Waals surface area contributed by atoms with Gasteiger partial charge in [-0.1, -0.05) is 19.1 Å². The highest BCUT2D eigenvalue weighted by molar-refractivity contribution is 5.88. The number of carbonyl (C=O) groups excluding carboxylic acids is 1. The van der Waals surface area contributed by atoms with Crippen molar-refractivity contribution >= 4 is 5.78 Å². The predicted octanol–water partition coefficient (Wildman–Crippen LogP) is 2.01. The maximum absolute atomic E-state index is 11.4. The Morgan fingerprint density at radius 3 is 2.92 bits per heavy atom. The van der Waals surface area contributed by atoms with Crippen LogP contribution in [0, 0.1) is 0 Å². The molecule has 0 heterocycles. The maximum Gasteiger partial charge on any atom is 0.140 e. The monoisotopic (exact) mass is 176 g/mol. The van der Waals surface area contributed by atoms with E-state index in [4.69, 9.17) is 0 Å². The Bertz CT molecular complexity index is 355. The third-order valence-electron chi connectivity index (χ3n) is 2.73. The van der Waals surface area contributed by atoms with Gasteiger partial charge in [0.05, 0.1) is 0 Å². The molecular formula is C11H12O2. The summed E-state index contributed by atoms with van der Waals surface area (Å²) in [6, 6.07) is 5.46. The highest BCUT2D eigenvalue weighted by Crippen LogP contribution is 2.34. The molecule has 0 fully saturated rings. The molecule has 1 atom stereocenters. The first-order valence-electron chi connectivity index (χ1n) is 4.53. The fourth-order valence-corrected chi connectivity index (χ4v) is 1.95. The van der Waals surface area contributed by atoms with Gasteiger partial charge in [0.1, 0.15) is 11.5 Å². The topological polar surface area (TPSA) is 37.3 Å². The minimum Gasteiger partial charge on any atom is -0.508 e. The Kier molecular flexibility index (Phi) is 1.83. The third kappa shape index (κ3) is 1.22. The van der Waals surface area contributed by atoms with E-state index in [-0.39, 0.29) is 17.5 Å². The largest absolute Gasteiger partial charge is 0.508 e. The summed E-state index contributed by atoms with van der Waals surface area (Å²) < 4.78 is 0. The lowest BCUT2D eigenvalue weighted by molar-refractivity contribution is -0.120. The molecule has 1 aromatic carbocycles. The average Bonchev–Trinajstić information content (AvgIpc) is 2.12. The summed E-state index contributed by atoms with van der Waals surface area (Å²) >= 11 is 0. The number of phenols is 1. The molecule has 0 spiro atoms. The van der Waals surface area contributed by atoms with Crippen molar-refractivity contribution in [2.24, 2.45) is 0 Å². The highest BCUT2D eigenvalue weighted by Gasteiger charge is 2.25. The second kappa shape index (κ2) is 2.87. The van der Waals surface area contributed by atoms with Crippen molar-refractivity contribution in [3.63, 3.8) is 0 Å². The summed E-state index contributed by atoms with van der Waals surface area (Å²) in [6.45, 7) is 1.86. The van der Waals surface area contributed by atoms with Crippen molar-refractivity contribution in [2.75, 3.05) is 0 Å². The molecule has 1 N–H and O–H groups in total. The standard InChI is InChI=1S/C11H12O2/c1-7-9(12)6-5-8-3-2-4-10(13)11(7)8/h2-4,7,13H,5-6H2,1H3. The van der Waals surface area contributed by atoms with Crippen LogP contribution in [0.3, 0.4) is 0 Å². The van der Waals surface area contributed by atoms with E-state index in [1.165, 1.54) is 0 Å². The minimum absolute atomic E-state index is 0.134. The van der Waals surface area contributed by atoms with E-state index >= 15 is 0 Å². The molecule has 2 rings (SSSR count). The van der Waals surface area contributed by atoms with Gasteiger partial charge in [-0.15, -0.1) is 0 Å². The highest BCUT2D eigenvalue weighted by atomic mass is 16.3. The van der Waals surface area contributed by atoms with Crippen LogP contribution in [0.5, 0.6) is 5.75 Å². The zero-order chi connectivity index (χ0) is 9.42. The molecule has 13 heavy (non-hydrogen) atoms. The van der Waals surface area contributed by atoms with E-state index in [0.29, 0.717) is 6.42 Å². The molecule has 1 aliphatic rings. The van der Waals surface area contributed by atoms with E-state index in [1.807, 2.05) is 19.1 Å². The van der Waals surface area contributed by atoms with Crippen LogP contribution in [0.4, 0.5) is 0 Å². The summed E-state index contributed by atoms with van der Waals surface area (Å²) in [5.74, 6) is 0.358. The summed E-state index contributed by atoms with van der Waals surface area (Å²) in [5.41, 5.74) is 1.95. The molecule has 0 bridgehead atoms. The average molecular weight is 176 g/mol. The number of phenolic OH excluding ortho intramolecular Hbond substituents is 1. The Labute approximate surface area is 77.2 Å². The van der Waals surface area contributed by atoms with Crippen molar-refractivity contribution in [3.8, 4) is 5.75 Å². The number of fused-ring (bicyclic) bond motifs is 1. The molecule has 0 amide bonds. The van der Waals surface area contributed by atoms with Crippen LogP contribution in [0.2, 0.25) is 0 Å². The summed E-state index contributed by atoms with van der Waals surface area (Å²) in [4.78, 5) is 11.4. The molecule has 0 aromatic heterocycles. The number of rotatable bonds is 0. The number of benzene rings is 1. The Balaban J connectivity index is 2.57. The normalized spacial score (nSPS) is 21.3. The lowest BCUT2D eigenvalue weighted by Crippen LogP contribution is -2.17. The maximum atomic E-state index is 11.4. The molecule has 0 saturated carbocycles. The van der Waals surface area contributed by atoms with Crippen molar-refractivity contribution in [1.82, 2.24) is 0 Å². The molecule has 2 nitrogen and oxygen atoms in total. The molecule has 1 unspecified atom stereocenters. The van der Waals surface area contributed by atoms with Crippen LogP contribution in [0.1, 0.15) is 30.4 Å². The third-order valence-corrected chi connectivity index (χ3v) is 2.73. The van der Waals surface area contributed by atoms with Gasteiger partial charge in [0.2, 0.25) is 0 Å². The number of aromatic hydroxyl groups is 1. The number of ketones is 1. The molecule has 0 radical (unpaired) electrons. The van der Waals surface area contributed by atoms with Crippen molar-refractivity contribution < 1.29 is 9.90 Å². The number of aryl methyl sites for hydroxylation is 1. The zero-order valence-corrected chi connectivity index (χ0v) is 7.58. The van der Waals surface area contributed by atoms with Gasteiger partial charge in [0.25, 0.3) is 0 Å². The smallest absolute Gasteiger partial charge is 0.140 e.